The Kier molecular flexibility index (Phi) is 3.39. The Bertz CT molecular complexity index is 401. The highest BCUT2D eigenvalue weighted by Gasteiger charge is 2.21. The number of ether oxygens (including phenoxy) is 1. The molecule has 2 N–H and O–H groups in total. The van der Waals surface area contributed by atoms with Crippen molar-refractivity contribution in [3.63, 3.8) is 0 Å². The number of nitrogens with two attached hydrogens (primary N) is 1. The van der Waals surface area contributed by atoms with Crippen molar-refractivity contribution >= 4 is 5.69 Å². The number of nitriles is 1. The molecule has 0 spiro atoms. The van der Waals surface area contributed by atoms with E-state index in [1.165, 1.54) is 7.11 Å². The molecule has 0 radical (unpaired) electrons. The molecule has 0 saturated heterocycles. The number of nitrogen functional groups attached to an aromatic ring is 1. The summed E-state index contributed by atoms with van der Waals surface area (Å²) in [5.41, 5.74) is 4.99. The second-order valence-electron chi connectivity index (χ2n) is 2.74. The van der Waals surface area contributed by atoms with Crippen molar-refractivity contribution in [2.24, 2.45) is 0 Å². The Morgan fingerprint density at radius 2 is 2.33 bits per heavy atom. The zero-order chi connectivity index (χ0) is 11.4. The van der Waals surface area contributed by atoms with Crippen LogP contribution in [0.15, 0.2) is 6.20 Å². The molecule has 0 unspecified atom stereocenters. The number of aromatic nitrogens is 1. The van der Waals surface area contributed by atoms with E-state index in [1.54, 1.807) is 0 Å². The number of anilines is 1. The van der Waals surface area contributed by atoms with Crippen molar-refractivity contribution < 1.29 is 13.5 Å². The van der Waals surface area contributed by atoms with Crippen LogP contribution in [0.2, 0.25) is 0 Å². The average Bonchev–Trinajstić information content (AvgIpc) is 2.19. The van der Waals surface area contributed by atoms with Gasteiger partial charge in [0, 0.05) is 0 Å². The van der Waals surface area contributed by atoms with Crippen molar-refractivity contribution in [2.75, 3.05) is 12.8 Å². The van der Waals surface area contributed by atoms with Crippen molar-refractivity contribution in [3.05, 3.63) is 17.5 Å². The Morgan fingerprint density at radius 1 is 1.67 bits per heavy atom. The predicted molar refractivity (Wildman–Crippen MR) is 49.5 cm³/mol. The standard InChI is InChI=1S/C9H9F2N3O/c1-15-8-6(2-3-12)14-4-5(13)7(8)9(10)11/h4,9H,2,13H2,1H3. The average molecular weight is 213 g/mol. The molecule has 0 atom stereocenters. The molecule has 1 aromatic heterocycles. The Morgan fingerprint density at radius 3 is 2.80 bits per heavy atom. The Balaban J connectivity index is 3.34. The third-order valence-electron chi connectivity index (χ3n) is 1.85. The molecule has 0 aliphatic heterocycles. The first kappa shape index (κ1) is 11.2. The minimum Gasteiger partial charge on any atom is -0.494 e. The molecule has 0 aliphatic carbocycles. The lowest BCUT2D eigenvalue weighted by atomic mass is 10.1. The largest absolute Gasteiger partial charge is 0.494 e. The Hall–Kier alpha value is -1.90. The fourth-order valence-electron chi connectivity index (χ4n) is 1.22. The monoisotopic (exact) mass is 213 g/mol. The summed E-state index contributed by atoms with van der Waals surface area (Å²) in [5.74, 6) is -0.105. The maximum absolute atomic E-state index is 12.6. The van der Waals surface area contributed by atoms with Gasteiger partial charge in [-0.3, -0.25) is 4.98 Å². The van der Waals surface area contributed by atoms with E-state index in [9.17, 15) is 8.78 Å². The fourth-order valence-corrected chi connectivity index (χ4v) is 1.22. The van der Waals surface area contributed by atoms with Crippen LogP contribution < -0.4 is 10.5 Å². The lowest BCUT2D eigenvalue weighted by Crippen LogP contribution is -2.04. The van der Waals surface area contributed by atoms with E-state index < -0.39 is 12.0 Å². The van der Waals surface area contributed by atoms with Crippen LogP contribution in [0.1, 0.15) is 17.7 Å². The van der Waals surface area contributed by atoms with Gasteiger partial charge in [-0.1, -0.05) is 0 Å². The SMILES string of the molecule is COc1c(CC#N)ncc(N)c1C(F)F. The van der Waals surface area contributed by atoms with Crippen LogP contribution in [0, 0.1) is 11.3 Å². The maximum Gasteiger partial charge on any atom is 0.269 e. The second kappa shape index (κ2) is 4.55. The maximum atomic E-state index is 12.6. The summed E-state index contributed by atoms with van der Waals surface area (Å²) in [6, 6.07) is 1.82. The molecular weight excluding hydrogens is 204 g/mol. The molecule has 80 valence electrons. The summed E-state index contributed by atoms with van der Waals surface area (Å²) >= 11 is 0. The summed E-state index contributed by atoms with van der Waals surface area (Å²) < 4.78 is 30.0. The number of halogens is 2. The summed E-state index contributed by atoms with van der Waals surface area (Å²) in [7, 11) is 1.24. The lowest BCUT2D eigenvalue weighted by molar-refractivity contribution is 0.147. The van der Waals surface area contributed by atoms with Gasteiger partial charge in [0.1, 0.15) is 0 Å². The lowest BCUT2D eigenvalue weighted by Gasteiger charge is -2.12. The molecule has 1 rings (SSSR count). The molecule has 15 heavy (non-hydrogen) atoms. The van der Waals surface area contributed by atoms with Gasteiger partial charge in [-0.25, -0.2) is 8.78 Å². The molecule has 1 heterocycles. The van der Waals surface area contributed by atoms with E-state index in [-0.39, 0.29) is 23.6 Å². The number of pyridine rings is 1. The van der Waals surface area contributed by atoms with Gasteiger partial charge in [-0.2, -0.15) is 5.26 Å². The summed E-state index contributed by atoms with van der Waals surface area (Å²) in [6.07, 6.45) is -1.74. The van der Waals surface area contributed by atoms with Crippen LogP contribution in [0.5, 0.6) is 5.75 Å². The number of alkyl halides is 2. The number of hydrogen-bond donors (Lipinski definition) is 1. The molecule has 4 nitrogen and oxygen atoms in total. The third-order valence-corrected chi connectivity index (χ3v) is 1.85. The van der Waals surface area contributed by atoms with E-state index in [0.29, 0.717) is 0 Å². The van der Waals surface area contributed by atoms with Crippen molar-refractivity contribution in [1.82, 2.24) is 4.98 Å². The fraction of sp³-hybridized carbons (Fsp3) is 0.333. The van der Waals surface area contributed by atoms with Gasteiger partial charge in [-0.05, 0) is 0 Å². The smallest absolute Gasteiger partial charge is 0.269 e. The topological polar surface area (TPSA) is 71.9 Å². The van der Waals surface area contributed by atoms with Gasteiger partial charge < -0.3 is 10.5 Å². The summed E-state index contributed by atoms with van der Waals surface area (Å²) in [4.78, 5) is 3.78. The minimum atomic E-state index is -2.75. The number of hydrogen-bond acceptors (Lipinski definition) is 4. The predicted octanol–water partition coefficient (Wildman–Crippen LogP) is 1.68. The van der Waals surface area contributed by atoms with Crippen molar-refractivity contribution in [2.45, 2.75) is 12.8 Å². The molecule has 0 amide bonds. The van der Waals surface area contributed by atoms with Gasteiger partial charge in [0.05, 0.1) is 42.7 Å². The van der Waals surface area contributed by atoms with Gasteiger partial charge in [0.2, 0.25) is 0 Å². The molecule has 0 aliphatic rings. The molecule has 0 saturated carbocycles. The zero-order valence-electron chi connectivity index (χ0n) is 8.00. The van der Waals surface area contributed by atoms with E-state index in [0.717, 1.165) is 6.20 Å². The number of rotatable bonds is 3. The molecule has 0 bridgehead atoms. The third kappa shape index (κ3) is 2.13. The Labute approximate surface area is 85.3 Å². The quantitative estimate of drug-likeness (QED) is 0.828. The van der Waals surface area contributed by atoms with E-state index in [1.807, 2.05) is 6.07 Å². The normalized spacial score (nSPS) is 10.1. The molecule has 1 aromatic rings. The molecule has 0 aromatic carbocycles. The first-order valence-corrected chi connectivity index (χ1v) is 4.08. The summed E-state index contributed by atoms with van der Waals surface area (Å²) in [5, 5.41) is 8.47. The van der Waals surface area contributed by atoms with Crippen LogP contribution in [-0.2, 0) is 6.42 Å². The van der Waals surface area contributed by atoms with E-state index >= 15 is 0 Å². The number of nitrogens with zero attached hydrogens (tertiary/aromatic N) is 2. The van der Waals surface area contributed by atoms with Crippen LogP contribution in [0.3, 0.4) is 0 Å². The van der Waals surface area contributed by atoms with Gasteiger partial charge >= 0.3 is 0 Å². The molecule has 0 fully saturated rings. The van der Waals surface area contributed by atoms with E-state index in [4.69, 9.17) is 15.7 Å². The highest BCUT2D eigenvalue weighted by molar-refractivity contribution is 5.55. The van der Waals surface area contributed by atoms with Crippen LogP contribution in [-0.4, -0.2) is 12.1 Å². The second-order valence-corrected chi connectivity index (χ2v) is 2.74. The van der Waals surface area contributed by atoms with Crippen LogP contribution >= 0.6 is 0 Å². The van der Waals surface area contributed by atoms with Crippen LogP contribution in [0.25, 0.3) is 0 Å². The van der Waals surface area contributed by atoms with E-state index in [2.05, 4.69) is 4.98 Å². The zero-order valence-corrected chi connectivity index (χ0v) is 8.00. The van der Waals surface area contributed by atoms with Gasteiger partial charge in [0.15, 0.2) is 5.75 Å². The van der Waals surface area contributed by atoms with Crippen molar-refractivity contribution in [3.8, 4) is 11.8 Å². The first-order valence-electron chi connectivity index (χ1n) is 4.08. The summed E-state index contributed by atoms with van der Waals surface area (Å²) in [6.45, 7) is 0. The number of methoxy groups -OCH3 is 1. The highest BCUT2D eigenvalue weighted by atomic mass is 19.3. The van der Waals surface area contributed by atoms with Gasteiger partial charge in [-0.15, -0.1) is 0 Å². The van der Waals surface area contributed by atoms with Crippen molar-refractivity contribution in [1.29, 1.82) is 5.26 Å². The van der Waals surface area contributed by atoms with Gasteiger partial charge in [0.25, 0.3) is 6.43 Å². The highest BCUT2D eigenvalue weighted by Crippen LogP contribution is 2.35. The van der Waals surface area contributed by atoms with Crippen LogP contribution in [0.4, 0.5) is 14.5 Å². The molecular formula is C9H9F2N3O. The minimum absolute atomic E-state index is 0.0941. The molecule has 6 heteroatoms. The first-order chi connectivity index (χ1) is 7.11.